The molecule has 2 saturated heterocycles. The van der Waals surface area contributed by atoms with Crippen LogP contribution in [-0.4, -0.2) is 64.8 Å². The Labute approximate surface area is 147 Å². The smallest absolute Gasteiger partial charge is 0.228 e. The van der Waals surface area contributed by atoms with Crippen molar-refractivity contribution in [3.05, 3.63) is 23.3 Å². The number of rotatable bonds is 2. The first-order chi connectivity index (χ1) is 12.1. The van der Waals surface area contributed by atoms with Crippen molar-refractivity contribution in [1.29, 1.82) is 0 Å². The lowest BCUT2D eigenvalue weighted by atomic mass is 9.97. The second-order valence-corrected chi connectivity index (χ2v) is 7.43. The van der Waals surface area contributed by atoms with Crippen molar-refractivity contribution in [2.45, 2.75) is 38.1 Å². The maximum Gasteiger partial charge on any atom is 0.228 e. The van der Waals surface area contributed by atoms with E-state index in [1.807, 2.05) is 11.1 Å². The molecule has 7 heteroatoms. The van der Waals surface area contributed by atoms with E-state index in [1.54, 1.807) is 11.9 Å². The van der Waals surface area contributed by atoms with Crippen molar-refractivity contribution in [3.8, 4) is 0 Å². The summed E-state index contributed by atoms with van der Waals surface area (Å²) in [5.41, 5.74) is 2.13. The molecule has 25 heavy (non-hydrogen) atoms. The van der Waals surface area contributed by atoms with Gasteiger partial charge in [0.25, 0.3) is 0 Å². The molecule has 0 radical (unpaired) electrons. The predicted molar refractivity (Wildman–Crippen MR) is 91.7 cm³/mol. The molecule has 4 heterocycles. The molecule has 134 valence electrons. The lowest BCUT2D eigenvalue weighted by Gasteiger charge is -2.30. The lowest BCUT2D eigenvalue weighted by Crippen LogP contribution is -2.41. The van der Waals surface area contributed by atoms with Gasteiger partial charge in [0.1, 0.15) is 5.82 Å². The Hall–Kier alpha value is -2.02. The molecule has 0 saturated carbocycles. The standard InChI is InChI=1S/C18H25N5O2/c1-22-10-13(7-16(22)24)18(25)23-6-4-15-14(11-23)9-20-17(21-15)12-3-2-5-19-8-12/h9,12-13,19H,2-8,10-11H2,1H3/t12-,13+/m0/s1. The van der Waals surface area contributed by atoms with E-state index < -0.39 is 0 Å². The van der Waals surface area contributed by atoms with Gasteiger partial charge in [-0.05, 0) is 19.4 Å². The van der Waals surface area contributed by atoms with Gasteiger partial charge in [0, 0.05) is 63.7 Å². The predicted octanol–water partition coefficient (Wildman–Crippen LogP) is 0.307. The molecular weight excluding hydrogens is 318 g/mol. The van der Waals surface area contributed by atoms with Gasteiger partial charge in [0.2, 0.25) is 11.8 Å². The largest absolute Gasteiger partial charge is 0.345 e. The lowest BCUT2D eigenvalue weighted by molar-refractivity contribution is -0.136. The fourth-order valence-electron chi connectivity index (χ4n) is 4.08. The van der Waals surface area contributed by atoms with Gasteiger partial charge in [-0.1, -0.05) is 0 Å². The van der Waals surface area contributed by atoms with Crippen molar-refractivity contribution in [2.24, 2.45) is 5.92 Å². The second-order valence-electron chi connectivity index (χ2n) is 7.43. The Balaban J connectivity index is 1.44. The van der Waals surface area contributed by atoms with E-state index in [9.17, 15) is 9.59 Å². The number of nitrogens with zero attached hydrogens (tertiary/aromatic N) is 4. The van der Waals surface area contributed by atoms with Crippen molar-refractivity contribution in [2.75, 3.05) is 33.2 Å². The molecule has 0 aliphatic carbocycles. The molecule has 2 fully saturated rings. The molecule has 0 unspecified atom stereocenters. The molecule has 0 bridgehead atoms. The highest BCUT2D eigenvalue weighted by Crippen LogP contribution is 2.25. The van der Waals surface area contributed by atoms with Gasteiger partial charge in [-0.15, -0.1) is 0 Å². The van der Waals surface area contributed by atoms with Crippen molar-refractivity contribution in [1.82, 2.24) is 25.1 Å². The van der Waals surface area contributed by atoms with Crippen LogP contribution in [0.2, 0.25) is 0 Å². The maximum atomic E-state index is 12.7. The summed E-state index contributed by atoms with van der Waals surface area (Å²) in [6, 6.07) is 0. The molecule has 0 spiro atoms. The number of carbonyl (C=O) groups is 2. The molecule has 4 rings (SSSR count). The average Bonchev–Trinajstić information content (AvgIpc) is 2.99. The number of fused-ring (bicyclic) bond motifs is 1. The highest BCUT2D eigenvalue weighted by atomic mass is 16.2. The fourth-order valence-corrected chi connectivity index (χ4v) is 4.08. The van der Waals surface area contributed by atoms with E-state index in [0.29, 0.717) is 32.0 Å². The van der Waals surface area contributed by atoms with Crippen LogP contribution in [0.4, 0.5) is 0 Å². The number of piperidine rings is 1. The summed E-state index contributed by atoms with van der Waals surface area (Å²) >= 11 is 0. The third kappa shape index (κ3) is 3.25. The number of aromatic nitrogens is 2. The van der Waals surface area contributed by atoms with Crippen LogP contribution in [0.1, 0.15) is 42.3 Å². The van der Waals surface area contributed by atoms with E-state index in [-0.39, 0.29) is 17.7 Å². The van der Waals surface area contributed by atoms with Crippen LogP contribution in [0.5, 0.6) is 0 Å². The van der Waals surface area contributed by atoms with E-state index in [1.165, 1.54) is 6.42 Å². The zero-order valence-electron chi connectivity index (χ0n) is 14.7. The number of hydrogen-bond acceptors (Lipinski definition) is 5. The molecule has 1 N–H and O–H groups in total. The van der Waals surface area contributed by atoms with Crippen molar-refractivity contribution >= 4 is 11.8 Å². The number of carbonyl (C=O) groups excluding carboxylic acids is 2. The van der Waals surface area contributed by atoms with Gasteiger partial charge in [-0.25, -0.2) is 9.97 Å². The summed E-state index contributed by atoms with van der Waals surface area (Å²) in [6.07, 6.45) is 5.31. The molecule has 3 aliphatic rings. The zero-order valence-corrected chi connectivity index (χ0v) is 14.7. The van der Waals surface area contributed by atoms with Gasteiger partial charge in [-0.3, -0.25) is 9.59 Å². The number of hydrogen-bond donors (Lipinski definition) is 1. The van der Waals surface area contributed by atoms with Gasteiger partial charge < -0.3 is 15.1 Å². The van der Waals surface area contributed by atoms with Gasteiger partial charge >= 0.3 is 0 Å². The highest BCUT2D eigenvalue weighted by molar-refractivity contribution is 5.89. The minimum Gasteiger partial charge on any atom is -0.345 e. The van der Waals surface area contributed by atoms with Gasteiger partial charge in [-0.2, -0.15) is 0 Å². The molecule has 7 nitrogen and oxygen atoms in total. The van der Waals surface area contributed by atoms with E-state index in [4.69, 9.17) is 4.98 Å². The highest BCUT2D eigenvalue weighted by Gasteiger charge is 2.36. The third-order valence-electron chi connectivity index (χ3n) is 5.62. The minimum absolute atomic E-state index is 0.0600. The monoisotopic (exact) mass is 343 g/mol. The molecule has 1 aromatic rings. The van der Waals surface area contributed by atoms with Crippen LogP contribution in [0.15, 0.2) is 6.20 Å². The quantitative estimate of drug-likeness (QED) is 0.836. The Morgan fingerprint density at radius 1 is 1.40 bits per heavy atom. The summed E-state index contributed by atoms with van der Waals surface area (Å²) in [5, 5.41) is 3.41. The second kappa shape index (κ2) is 6.71. The number of likely N-dealkylation sites (tertiary alicyclic amines) is 1. The summed E-state index contributed by atoms with van der Waals surface area (Å²) in [6.45, 7) is 3.81. The first kappa shape index (κ1) is 16.4. The average molecular weight is 343 g/mol. The third-order valence-corrected chi connectivity index (χ3v) is 5.62. The number of amides is 2. The Morgan fingerprint density at radius 2 is 2.28 bits per heavy atom. The summed E-state index contributed by atoms with van der Waals surface area (Å²) in [5.74, 6) is 1.29. The van der Waals surface area contributed by atoms with Gasteiger partial charge in [0.05, 0.1) is 11.6 Å². The molecule has 2 amide bonds. The van der Waals surface area contributed by atoms with Gasteiger partial charge in [0.15, 0.2) is 0 Å². The molecule has 2 atom stereocenters. The SMILES string of the molecule is CN1C[C@H](C(=O)N2CCc3nc([C@H]4CCCNC4)ncc3C2)CC1=O. The topological polar surface area (TPSA) is 78.4 Å². The number of nitrogens with one attached hydrogen (secondary N) is 1. The minimum atomic E-state index is -0.201. The van der Waals surface area contributed by atoms with E-state index >= 15 is 0 Å². The first-order valence-corrected chi connectivity index (χ1v) is 9.20. The van der Waals surface area contributed by atoms with E-state index in [2.05, 4.69) is 10.3 Å². The van der Waals surface area contributed by atoms with Crippen molar-refractivity contribution < 1.29 is 9.59 Å². The summed E-state index contributed by atoms with van der Waals surface area (Å²) in [4.78, 5) is 37.3. The van der Waals surface area contributed by atoms with Crippen LogP contribution in [0.25, 0.3) is 0 Å². The van der Waals surface area contributed by atoms with Crippen LogP contribution in [0, 0.1) is 5.92 Å². The Bertz CT molecular complexity index is 686. The molecule has 3 aliphatic heterocycles. The van der Waals surface area contributed by atoms with Crippen LogP contribution < -0.4 is 5.32 Å². The Kier molecular flexibility index (Phi) is 4.41. The summed E-state index contributed by atoms with van der Waals surface area (Å²) in [7, 11) is 1.76. The molecular formula is C18H25N5O2. The van der Waals surface area contributed by atoms with E-state index in [0.717, 1.165) is 43.0 Å². The van der Waals surface area contributed by atoms with Crippen LogP contribution in [0.3, 0.4) is 0 Å². The molecule has 0 aromatic carbocycles. The van der Waals surface area contributed by atoms with Crippen LogP contribution in [-0.2, 0) is 22.6 Å². The normalized spacial score (nSPS) is 26.7. The maximum absolute atomic E-state index is 12.7. The molecule has 1 aromatic heterocycles. The van der Waals surface area contributed by atoms with Crippen molar-refractivity contribution in [3.63, 3.8) is 0 Å². The Morgan fingerprint density at radius 3 is 3.00 bits per heavy atom. The first-order valence-electron chi connectivity index (χ1n) is 9.20. The zero-order chi connectivity index (χ0) is 17.4. The fraction of sp³-hybridized carbons (Fsp3) is 0.667. The summed E-state index contributed by atoms with van der Waals surface area (Å²) < 4.78 is 0. The van der Waals surface area contributed by atoms with Crippen LogP contribution >= 0.6 is 0 Å².